The van der Waals surface area contributed by atoms with Gasteiger partial charge in [-0.05, 0) is 53.6 Å². The zero-order valence-electron chi connectivity index (χ0n) is 29.7. The maximum absolute atomic E-state index is 14.6. The molecular formula is C48H28N6O2. The lowest BCUT2D eigenvalue weighted by molar-refractivity contribution is 0.669. The fourth-order valence-corrected chi connectivity index (χ4v) is 7.57. The van der Waals surface area contributed by atoms with Gasteiger partial charge in [0.15, 0.2) is 23.1 Å². The van der Waals surface area contributed by atoms with Gasteiger partial charge in [0, 0.05) is 38.4 Å². The second-order valence-corrected chi connectivity index (χ2v) is 13.7. The van der Waals surface area contributed by atoms with E-state index in [0.29, 0.717) is 39.8 Å². The fourth-order valence-electron chi connectivity index (χ4n) is 7.57. The predicted octanol–water partition coefficient (Wildman–Crippen LogP) is 10.8. The summed E-state index contributed by atoms with van der Waals surface area (Å²) in [4.78, 5) is 39.5. The Morgan fingerprint density at radius 2 is 1.00 bits per heavy atom. The number of fused-ring (bicyclic) bond motifs is 7. The van der Waals surface area contributed by atoms with E-state index in [1.165, 1.54) is 0 Å². The Kier molecular flexibility index (Phi) is 7.15. The van der Waals surface area contributed by atoms with E-state index in [1.807, 2.05) is 164 Å². The second-order valence-electron chi connectivity index (χ2n) is 13.7. The first-order valence-corrected chi connectivity index (χ1v) is 18.3. The van der Waals surface area contributed by atoms with E-state index in [9.17, 15) is 4.79 Å². The van der Waals surface area contributed by atoms with Crippen molar-refractivity contribution in [1.29, 1.82) is 0 Å². The molecule has 0 radical (unpaired) electrons. The van der Waals surface area contributed by atoms with Crippen molar-refractivity contribution in [3.8, 4) is 56.7 Å². The molecule has 56 heavy (non-hydrogen) atoms. The molecule has 0 aliphatic rings. The maximum Gasteiger partial charge on any atom is 0.267 e. The number of hydrogen-bond donors (Lipinski definition) is 0. The van der Waals surface area contributed by atoms with Crippen LogP contribution in [0.15, 0.2) is 179 Å². The van der Waals surface area contributed by atoms with Gasteiger partial charge >= 0.3 is 0 Å². The summed E-state index contributed by atoms with van der Waals surface area (Å²) in [6.45, 7) is 0. The SMILES string of the molecule is O=c1c2cc(-c3ccc4oc5cccc(-c6nc(-c7ccccc7)nc(-c7ccccc7)n6)c5c4c3)ccc2nc2c3ccccc3nc(-c3ccccc3)n12. The number of nitrogens with zero attached hydrogens (tertiary/aromatic N) is 6. The molecule has 7 aromatic carbocycles. The largest absolute Gasteiger partial charge is 0.456 e. The molecular weight excluding hydrogens is 693 g/mol. The predicted molar refractivity (Wildman–Crippen MR) is 222 cm³/mol. The number of furan rings is 1. The lowest BCUT2D eigenvalue weighted by atomic mass is 9.99. The quantitative estimate of drug-likeness (QED) is 0.129. The summed E-state index contributed by atoms with van der Waals surface area (Å²) < 4.78 is 8.07. The standard InChI is InChI=1S/C48H28N6O2/c55-48-36-27-32(23-25-39(36)50-47-34-19-10-11-21-38(34)49-46(54(47)48)31-17-8-3-9-18-31)33-24-26-40-37(28-33)42-35(20-12-22-41(42)56-40)45-52-43(29-13-4-1-5-14-29)51-44(53-45)30-15-6-2-7-16-30/h1-28H. The van der Waals surface area contributed by atoms with Crippen molar-refractivity contribution in [3.05, 3.63) is 180 Å². The van der Waals surface area contributed by atoms with Crippen LogP contribution in [0, 0.1) is 0 Å². The molecule has 0 unspecified atom stereocenters. The third-order valence-corrected chi connectivity index (χ3v) is 10.3. The van der Waals surface area contributed by atoms with Gasteiger partial charge in [0.25, 0.3) is 5.56 Å². The summed E-state index contributed by atoms with van der Waals surface area (Å²) in [5.74, 6) is 2.26. The van der Waals surface area contributed by atoms with E-state index in [0.717, 1.165) is 66.2 Å². The molecule has 0 N–H and O–H groups in total. The number of rotatable bonds is 5. The van der Waals surface area contributed by atoms with Crippen molar-refractivity contribution in [2.75, 3.05) is 0 Å². The minimum Gasteiger partial charge on any atom is -0.456 e. The number of hydrogen-bond acceptors (Lipinski definition) is 7. The maximum atomic E-state index is 14.6. The zero-order valence-corrected chi connectivity index (χ0v) is 29.7. The Balaban J connectivity index is 1.10. The van der Waals surface area contributed by atoms with Crippen LogP contribution in [0.5, 0.6) is 0 Å². The van der Waals surface area contributed by atoms with Crippen LogP contribution in [0.4, 0.5) is 0 Å². The average molecular weight is 721 g/mol. The molecule has 262 valence electrons. The van der Waals surface area contributed by atoms with E-state index < -0.39 is 0 Å². The molecule has 8 heteroatoms. The van der Waals surface area contributed by atoms with Gasteiger partial charge in [0.05, 0.1) is 16.4 Å². The van der Waals surface area contributed by atoms with Crippen molar-refractivity contribution in [1.82, 2.24) is 29.3 Å². The Hall–Kier alpha value is -7.84. The van der Waals surface area contributed by atoms with Crippen LogP contribution in [0.1, 0.15) is 0 Å². The first kappa shape index (κ1) is 31.7. The van der Waals surface area contributed by atoms with Crippen molar-refractivity contribution in [3.63, 3.8) is 0 Å². The normalized spacial score (nSPS) is 11.6. The molecule has 4 heterocycles. The monoisotopic (exact) mass is 720 g/mol. The molecule has 0 aliphatic carbocycles. The third-order valence-electron chi connectivity index (χ3n) is 10.3. The molecule has 0 aliphatic heterocycles. The molecule has 0 saturated heterocycles. The second kappa shape index (κ2) is 12.6. The number of aromatic nitrogens is 6. The van der Waals surface area contributed by atoms with E-state index >= 15 is 0 Å². The van der Waals surface area contributed by atoms with Crippen LogP contribution in [0.3, 0.4) is 0 Å². The van der Waals surface area contributed by atoms with Crippen LogP contribution in [-0.2, 0) is 0 Å². The first-order chi connectivity index (χ1) is 27.7. The third kappa shape index (κ3) is 5.15. The fraction of sp³-hybridized carbons (Fsp3) is 0. The topological polar surface area (TPSA) is 99.1 Å². The highest BCUT2D eigenvalue weighted by Crippen LogP contribution is 2.39. The molecule has 0 fully saturated rings. The van der Waals surface area contributed by atoms with Gasteiger partial charge in [-0.15, -0.1) is 0 Å². The summed E-state index contributed by atoms with van der Waals surface area (Å²) in [5, 5.41) is 3.12. The van der Waals surface area contributed by atoms with E-state index in [1.54, 1.807) is 4.40 Å². The van der Waals surface area contributed by atoms with Crippen LogP contribution in [0.25, 0.3) is 106 Å². The molecule has 8 nitrogen and oxygen atoms in total. The van der Waals surface area contributed by atoms with Crippen molar-refractivity contribution in [2.45, 2.75) is 0 Å². The molecule has 0 bridgehead atoms. The highest BCUT2D eigenvalue weighted by atomic mass is 16.3. The van der Waals surface area contributed by atoms with Crippen LogP contribution < -0.4 is 5.56 Å². The van der Waals surface area contributed by atoms with Crippen LogP contribution in [0.2, 0.25) is 0 Å². The van der Waals surface area contributed by atoms with Gasteiger partial charge in [0.1, 0.15) is 17.0 Å². The minimum atomic E-state index is -0.181. The summed E-state index contributed by atoms with van der Waals surface area (Å²) in [5.41, 5.74) is 8.49. The van der Waals surface area contributed by atoms with Gasteiger partial charge in [0.2, 0.25) is 0 Å². The van der Waals surface area contributed by atoms with Crippen molar-refractivity contribution in [2.24, 2.45) is 0 Å². The van der Waals surface area contributed by atoms with Gasteiger partial charge in [-0.1, -0.05) is 127 Å². The molecule has 11 aromatic rings. The molecule has 0 atom stereocenters. The molecule has 4 aromatic heterocycles. The molecule has 11 rings (SSSR count). The van der Waals surface area contributed by atoms with E-state index in [4.69, 9.17) is 29.3 Å². The van der Waals surface area contributed by atoms with Crippen LogP contribution in [-0.4, -0.2) is 29.3 Å². The Morgan fingerprint density at radius 3 is 1.71 bits per heavy atom. The molecule has 0 saturated carbocycles. The lowest BCUT2D eigenvalue weighted by Gasteiger charge is -2.12. The average Bonchev–Trinajstić information content (AvgIpc) is 3.65. The molecule has 0 spiro atoms. The highest BCUT2D eigenvalue weighted by Gasteiger charge is 2.20. The smallest absolute Gasteiger partial charge is 0.267 e. The van der Waals surface area contributed by atoms with Gasteiger partial charge in [-0.3, -0.25) is 4.79 Å². The Bertz CT molecular complexity index is 3320. The first-order valence-electron chi connectivity index (χ1n) is 18.3. The zero-order chi connectivity index (χ0) is 37.2. The summed E-state index contributed by atoms with van der Waals surface area (Å²) in [7, 11) is 0. The number of benzene rings is 7. The van der Waals surface area contributed by atoms with Gasteiger partial charge in [-0.25, -0.2) is 29.3 Å². The minimum absolute atomic E-state index is 0.181. The summed E-state index contributed by atoms with van der Waals surface area (Å²) in [6, 6.07) is 55.4. The Morgan fingerprint density at radius 1 is 0.411 bits per heavy atom. The van der Waals surface area contributed by atoms with E-state index in [-0.39, 0.29) is 5.56 Å². The highest BCUT2D eigenvalue weighted by molar-refractivity contribution is 6.13. The van der Waals surface area contributed by atoms with E-state index in [2.05, 4.69) is 6.07 Å². The van der Waals surface area contributed by atoms with Gasteiger partial charge < -0.3 is 4.42 Å². The summed E-state index contributed by atoms with van der Waals surface area (Å²) >= 11 is 0. The summed E-state index contributed by atoms with van der Waals surface area (Å²) in [6.07, 6.45) is 0. The lowest BCUT2D eigenvalue weighted by Crippen LogP contribution is -2.19. The van der Waals surface area contributed by atoms with Crippen LogP contribution >= 0.6 is 0 Å². The van der Waals surface area contributed by atoms with Crippen molar-refractivity contribution >= 4 is 49.4 Å². The molecule has 0 amide bonds. The van der Waals surface area contributed by atoms with Crippen molar-refractivity contribution < 1.29 is 4.42 Å². The Labute approximate surface area is 319 Å². The van der Waals surface area contributed by atoms with Gasteiger partial charge in [-0.2, -0.15) is 0 Å². The number of para-hydroxylation sites is 1.